The number of H-pyrrole nitrogens is 1. The standard InChI is InChI=1S/C13H14N2O4/c1-7-11(13(19)14-6-5-10(17)18)8-3-2-4-9(16)12(8)15-7/h2-4,15-16H,5-6H2,1H3,(H,14,19)(H,17,18). The Labute approximate surface area is 109 Å². The lowest BCUT2D eigenvalue weighted by atomic mass is 10.1. The van der Waals surface area contributed by atoms with Crippen molar-refractivity contribution in [2.24, 2.45) is 0 Å². The molecule has 6 heteroatoms. The molecule has 2 aromatic rings. The van der Waals surface area contributed by atoms with Gasteiger partial charge < -0.3 is 20.5 Å². The Morgan fingerprint density at radius 2 is 2.11 bits per heavy atom. The average molecular weight is 262 g/mol. The number of hydrogen-bond donors (Lipinski definition) is 4. The van der Waals surface area contributed by atoms with Crippen molar-refractivity contribution in [3.63, 3.8) is 0 Å². The minimum Gasteiger partial charge on any atom is -0.506 e. The van der Waals surface area contributed by atoms with Gasteiger partial charge in [-0.25, -0.2) is 0 Å². The Hall–Kier alpha value is -2.50. The number of nitrogens with one attached hydrogen (secondary N) is 2. The van der Waals surface area contributed by atoms with Crippen LogP contribution in [0.3, 0.4) is 0 Å². The van der Waals surface area contributed by atoms with E-state index in [9.17, 15) is 14.7 Å². The average Bonchev–Trinajstić information content (AvgIpc) is 2.66. The van der Waals surface area contributed by atoms with Crippen LogP contribution in [0.1, 0.15) is 22.5 Å². The van der Waals surface area contributed by atoms with E-state index in [2.05, 4.69) is 10.3 Å². The van der Waals surface area contributed by atoms with Crippen LogP contribution in [0, 0.1) is 6.92 Å². The Morgan fingerprint density at radius 1 is 1.37 bits per heavy atom. The zero-order valence-corrected chi connectivity index (χ0v) is 10.4. The minimum absolute atomic E-state index is 0.0685. The van der Waals surface area contributed by atoms with Gasteiger partial charge in [0.2, 0.25) is 0 Å². The summed E-state index contributed by atoms with van der Waals surface area (Å²) in [5.74, 6) is -1.24. The van der Waals surface area contributed by atoms with E-state index < -0.39 is 5.97 Å². The lowest BCUT2D eigenvalue weighted by Gasteiger charge is -2.03. The maximum absolute atomic E-state index is 12.0. The summed E-state index contributed by atoms with van der Waals surface area (Å²) in [7, 11) is 0. The van der Waals surface area contributed by atoms with Crippen LogP contribution in [0.2, 0.25) is 0 Å². The number of benzene rings is 1. The molecule has 0 bridgehead atoms. The number of aromatic nitrogens is 1. The van der Waals surface area contributed by atoms with Gasteiger partial charge in [0, 0.05) is 17.6 Å². The molecule has 0 aliphatic heterocycles. The summed E-state index contributed by atoms with van der Waals surface area (Å²) in [5.41, 5.74) is 1.56. The zero-order chi connectivity index (χ0) is 14.0. The third kappa shape index (κ3) is 2.52. The number of aryl methyl sites for hydroxylation is 1. The number of carboxylic acids is 1. The van der Waals surface area contributed by atoms with Gasteiger partial charge in [0.05, 0.1) is 17.5 Å². The predicted molar refractivity (Wildman–Crippen MR) is 69.3 cm³/mol. The summed E-state index contributed by atoms with van der Waals surface area (Å²) in [6, 6.07) is 4.91. The minimum atomic E-state index is -0.964. The number of carboxylic acid groups (broad SMARTS) is 1. The molecule has 0 fully saturated rings. The van der Waals surface area contributed by atoms with Crippen molar-refractivity contribution in [3.8, 4) is 5.75 Å². The van der Waals surface area contributed by atoms with E-state index in [1.54, 1.807) is 19.1 Å². The van der Waals surface area contributed by atoms with E-state index in [0.29, 0.717) is 22.2 Å². The van der Waals surface area contributed by atoms with Crippen LogP contribution in [0.5, 0.6) is 5.75 Å². The second kappa shape index (κ2) is 5.01. The highest BCUT2D eigenvalue weighted by atomic mass is 16.4. The number of rotatable bonds is 4. The second-order valence-electron chi connectivity index (χ2n) is 4.22. The Bertz CT molecular complexity index is 645. The molecule has 0 saturated carbocycles. The van der Waals surface area contributed by atoms with Gasteiger partial charge in [0.25, 0.3) is 5.91 Å². The van der Waals surface area contributed by atoms with Crippen molar-refractivity contribution < 1.29 is 19.8 Å². The number of phenols is 1. The van der Waals surface area contributed by atoms with Crippen LogP contribution in [-0.4, -0.2) is 33.6 Å². The Balaban J connectivity index is 2.29. The number of carbonyl (C=O) groups is 2. The second-order valence-corrected chi connectivity index (χ2v) is 4.22. The number of aromatic amines is 1. The molecule has 2 rings (SSSR count). The van der Waals surface area contributed by atoms with Crippen molar-refractivity contribution in [1.29, 1.82) is 0 Å². The van der Waals surface area contributed by atoms with Gasteiger partial charge in [-0.3, -0.25) is 9.59 Å². The van der Waals surface area contributed by atoms with Crippen molar-refractivity contribution >= 4 is 22.8 Å². The van der Waals surface area contributed by atoms with E-state index in [1.807, 2.05) is 0 Å². The Kier molecular flexibility index (Phi) is 3.41. The van der Waals surface area contributed by atoms with E-state index in [-0.39, 0.29) is 24.6 Å². The first-order valence-electron chi connectivity index (χ1n) is 5.81. The van der Waals surface area contributed by atoms with Gasteiger partial charge in [0.1, 0.15) is 5.75 Å². The van der Waals surface area contributed by atoms with Crippen LogP contribution in [0.4, 0.5) is 0 Å². The molecule has 0 aliphatic rings. The van der Waals surface area contributed by atoms with Crippen molar-refractivity contribution in [3.05, 3.63) is 29.5 Å². The maximum atomic E-state index is 12.0. The molecule has 0 radical (unpaired) electrons. The number of hydrogen-bond acceptors (Lipinski definition) is 3. The van der Waals surface area contributed by atoms with Crippen LogP contribution in [-0.2, 0) is 4.79 Å². The molecule has 0 aliphatic carbocycles. The highest BCUT2D eigenvalue weighted by molar-refractivity contribution is 6.09. The number of carbonyl (C=O) groups excluding carboxylic acids is 1. The van der Waals surface area contributed by atoms with Gasteiger partial charge in [-0.05, 0) is 13.0 Å². The highest BCUT2D eigenvalue weighted by Gasteiger charge is 2.17. The summed E-state index contributed by atoms with van der Waals surface area (Å²) in [6.07, 6.45) is -0.127. The zero-order valence-electron chi connectivity index (χ0n) is 10.4. The fraction of sp³-hybridized carbons (Fsp3) is 0.231. The molecule has 1 amide bonds. The molecule has 100 valence electrons. The SMILES string of the molecule is Cc1[nH]c2c(O)cccc2c1C(=O)NCCC(=O)O. The van der Waals surface area contributed by atoms with Crippen LogP contribution in [0.15, 0.2) is 18.2 Å². The first-order valence-corrected chi connectivity index (χ1v) is 5.81. The lowest BCUT2D eigenvalue weighted by molar-refractivity contribution is -0.136. The normalized spacial score (nSPS) is 10.6. The van der Waals surface area contributed by atoms with Crippen LogP contribution >= 0.6 is 0 Å². The van der Waals surface area contributed by atoms with Gasteiger partial charge in [-0.1, -0.05) is 12.1 Å². The lowest BCUT2D eigenvalue weighted by Crippen LogP contribution is -2.26. The molecule has 0 atom stereocenters. The first-order chi connectivity index (χ1) is 9.00. The maximum Gasteiger partial charge on any atom is 0.305 e. The highest BCUT2D eigenvalue weighted by Crippen LogP contribution is 2.28. The number of amides is 1. The number of para-hydroxylation sites is 1. The van der Waals surface area contributed by atoms with Crippen LogP contribution < -0.4 is 5.32 Å². The van der Waals surface area contributed by atoms with E-state index in [1.165, 1.54) is 6.07 Å². The molecule has 1 aromatic heterocycles. The molecular weight excluding hydrogens is 248 g/mol. The summed E-state index contributed by atoms with van der Waals surface area (Å²) in [6.45, 7) is 1.80. The molecule has 0 unspecified atom stereocenters. The third-order valence-corrected chi connectivity index (χ3v) is 2.85. The topological polar surface area (TPSA) is 102 Å². The monoisotopic (exact) mass is 262 g/mol. The molecule has 4 N–H and O–H groups in total. The molecule has 19 heavy (non-hydrogen) atoms. The fourth-order valence-electron chi connectivity index (χ4n) is 2.00. The molecule has 0 saturated heterocycles. The molecule has 0 spiro atoms. The quantitative estimate of drug-likeness (QED) is 0.668. The third-order valence-electron chi connectivity index (χ3n) is 2.85. The van der Waals surface area contributed by atoms with E-state index >= 15 is 0 Å². The number of phenolic OH excluding ortho intramolecular Hbond substituents is 1. The van der Waals surface area contributed by atoms with Gasteiger partial charge in [-0.2, -0.15) is 0 Å². The van der Waals surface area contributed by atoms with Crippen molar-refractivity contribution in [2.75, 3.05) is 6.54 Å². The number of aliphatic carboxylic acids is 1. The summed E-state index contributed by atoms with van der Waals surface area (Å²) in [4.78, 5) is 25.4. The largest absolute Gasteiger partial charge is 0.506 e. The molecule has 1 aromatic carbocycles. The molecular formula is C13H14N2O4. The van der Waals surface area contributed by atoms with Gasteiger partial charge in [-0.15, -0.1) is 0 Å². The summed E-state index contributed by atoms with van der Waals surface area (Å²) < 4.78 is 0. The van der Waals surface area contributed by atoms with Crippen LogP contribution in [0.25, 0.3) is 10.9 Å². The van der Waals surface area contributed by atoms with Gasteiger partial charge in [0.15, 0.2) is 0 Å². The smallest absolute Gasteiger partial charge is 0.305 e. The number of aromatic hydroxyl groups is 1. The summed E-state index contributed by atoms with van der Waals surface area (Å²) in [5, 5.41) is 21.4. The summed E-state index contributed by atoms with van der Waals surface area (Å²) >= 11 is 0. The van der Waals surface area contributed by atoms with Crippen molar-refractivity contribution in [2.45, 2.75) is 13.3 Å². The molecule has 1 heterocycles. The van der Waals surface area contributed by atoms with E-state index in [4.69, 9.17) is 5.11 Å². The Morgan fingerprint density at radius 3 is 2.79 bits per heavy atom. The molecule has 6 nitrogen and oxygen atoms in total. The van der Waals surface area contributed by atoms with Gasteiger partial charge >= 0.3 is 5.97 Å². The number of fused-ring (bicyclic) bond motifs is 1. The van der Waals surface area contributed by atoms with Crippen molar-refractivity contribution in [1.82, 2.24) is 10.3 Å². The first kappa shape index (κ1) is 12.9. The fourth-order valence-corrected chi connectivity index (χ4v) is 2.00. The van der Waals surface area contributed by atoms with E-state index in [0.717, 1.165) is 0 Å². The predicted octanol–water partition coefficient (Wildman–Crippen LogP) is 1.39.